The number of nitrogens with zero attached hydrogens (tertiary/aromatic N) is 1. The fraction of sp³-hybridized carbons (Fsp3) is 0.500. The number of piperidine rings is 1. The highest BCUT2D eigenvalue weighted by Gasteiger charge is 2.21. The first kappa shape index (κ1) is 22.8. The SMILES string of the molecule is C\C=C/C=C\C=C\[C@H]1CCCN(CC(=O)/C(=C/C(OC)=C(\N)OC)CC)C1. The van der Waals surface area contributed by atoms with E-state index in [9.17, 15) is 4.79 Å². The lowest BCUT2D eigenvalue weighted by Crippen LogP contribution is -2.38. The highest BCUT2D eigenvalue weighted by molar-refractivity contribution is 5.97. The van der Waals surface area contributed by atoms with E-state index in [1.54, 1.807) is 6.08 Å². The van der Waals surface area contributed by atoms with Gasteiger partial charge in [-0.3, -0.25) is 9.69 Å². The van der Waals surface area contributed by atoms with E-state index in [0.29, 0.717) is 30.2 Å². The molecule has 27 heavy (non-hydrogen) atoms. The van der Waals surface area contributed by atoms with Crippen molar-refractivity contribution >= 4 is 5.78 Å². The van der Waals surface area contributed by atoms with E-state index in [2.05, 4.69) is 17.1 Å². The average molecular weight is 375 g/mol. The number of ketones is 1. The minimum Gasteiger partial charge on any atom is -0.491 e. The maximum atomic E-state index is 12.7. The molecule has 0 aromatic rings. The van der Waals surface area contributed by atoms with Crippen molar-refractivity contribution in [3.8, 4) is 0 Å². The molecule has 0 radical (unpaired) electrons. The zero-order valence-corrected chi connectivity index (χ0v) is 17.1. The first-order valence-electron chi connectivity index (χ1n) is 9.55. The van der Waals surface area contributed by atoms with Crippen molar-refractivity contribution in [3.63, 3.8) is 0 Å². The maximum Gasteiger partial charge on any atom is 0.227 e. The molecule has 1 atom stereocenters. The summed E-state index contributed by atoms with van der Waals surface area (Å²) in [5.74, 6) is 1.14. The third kappa shape index (κ3) is 8.31. The fourth-order valence-corrected chi connectivity index (χ4v) is 3.03. The number of carbonyl (C=O) groups is 1. The Morgan fingerprint density at radius 1 is 1.19 bits per heavy atom. The summed E-state index contributed by atoms with van der Waals surface area (Å²) in [6.45, 7) is 6.23. The molecule has 1 fully saturated rings. The zero-order chi connectivity index (χ0) is 20.1. The molecule has 0 amide bonds. The molecule has 5 heteroatoms. The first-order valence-corrected chi connectivity index (χ1v) is 9.55. The quantitative estimate of drug-likeness (QED) is 0.359. The Labute approximate surface area is 163 Å². The number of ether oxygens (including phenoxy) is 2. The van der Waals surface area contributed by atoms with Gasteiger partial charge in [-0.15, -0.1) is 0 Å². The molecule has 0 aromatic carbocycles. The van der Waals surface area contributed by atoms with Crippen LogP contribution in [0.4, 0.5) is 0 Å². The van der Waals surface area contributed by atoms with Crippen LogP contribution in [-0.2, 0) is 14.3 Å². The van der Waals surface area contributed by atoms with Gasteiger partial charge in [0.25, 0.3) is 0 Å². The van der Waals surface area contributed by atoms with Crippen LogP contribution in [0.1, 0.15) is 33.1 Å². The van der Waals surface area contributed by atoms with Crippen LogP contribution in [0, 0.1) is 5.92 Å². The predicted octanol–water partition coefficient (Wildman–Crippen LogP) is 3.71. The van der Waals surface area contributed by atoms with Crippen LogP contribution in [0.3, 0.4) is 0 Å². The van der Waals surface area contributed by atoms with Gasteiger partial charge in [0.2, 0.25) is 5.88 Å². The van der Waals surface area contributed by atoms with Gasteiger partial charge in [0, 0.05) is 12.1 Å². The second-order valence-electron chi connectivity index (χ2n) is 6.52. The normalized spacial score (nSPS) is 20.4. The number of Topliss-reactive ketones (excluding diaryl/α,β-unsaturated/α-hetero) is 1. The standard InChI is InChI=1S/C22H34N2O3/c1-5-7-8-9-10-12-18-13-11-14-24(16-18)17-20(25)19(6-2)15-21(26-3)22(23)27-4/h5,7-10,12,15,18H,6,11,13-14,16-17,23H2,1-4H3/b7-5-,9-8-,12-10+,19-15+,22-21-/t18-/m0/s1. The van der Waals surface area contributed by atoms with Gasteiger partial charge in [-0.05, 0) is 44.7 Å². The van der Waals surface area contributed by atoms with Gasteiger partial charge in [-0.2, -0.15) is 0 Å². The third-order valence-corrected chi connectivity index (χ3v) is 4.55. The van der Waals surface area contributed by atoms with Crippen LogP contribution in [0.25, 0.3) is 0 Å². The van der Waals surface area contributed by atoms with E-state index in [1.165, 1.54) is 14.2 Å². The topological polar surface area (TPSA) is 64.8 Å². The average Bonchev–Trinajstić information content (AvgIpc) is 2.68. The molecule has 0 unspecified atom stereocenters. The van der Waals surface area contributed by atoms with Crippen LogP contribution in [0.5, 0.6) is 0 Å². The van der Waals surface area contributed by atoms with E-state index in [1.807, 2.05) is 38.2 Å². The van der Waals surface area contributed by atoms with E-state index >= 15 is 0 Å². The lowest BCUT2D eigenvalue weighted by Gasteiger charge is -2.30. The van der Waals surface area contributed by atoms with E-state index in [0.717, 1.165) is 25.9 Å². The minimum atomic E-state index is 0.105. The lowest BCUT2D eigenvalue weighted by molar-refractivity contribution is -0.117. The smallest absolute Gasteiger partial charge is 0.227 e. The Hall–Kier alpha value is -2.27. The van der Waals surface area contributed by atoms with Gasteiger partial charge in [0.15, 0.2) is 11.5 Å². The number of rotatable bonds is 10. The maximum absolute atomic E-state index is 12.7. The summed E-state index contributed by atoms with van der Waals surface area (Å²) < 4.78 is 10.2. The molecule has 5 nitrogen and oxygen atoms in total. The van der Waals surface area contributed by atoms with E-state index in [-0.39, 0.29) is 11.7 Å². The largest absolute Gasteiger partial charge is 0.491 e. The van der Waals surface area contributed by atoms with E-state index in [4.69, 9.17) is 15.2 Å². The van der Waals surface area contributed by atoms with Crippen molar-refractivity contribution in [3.05, 3.63) is 59.7 Å². The summed E-state index contributed by atoms with van der Waals surface area (Å²) >= 11 is 0. The van der Waals surface area contributed by atoms with Gasteiger partial charge in [-0.1, -0.05) is 43.4 Å². The van der Waals surface area contributed by atoms with Gasteiger partial charge in [0.1, 0.15) is 0 Å². The molecule has 150 valence electrons. The second-order valence-corrected chi connectivity index (χ2v) is 6.52. The number of carbonyl (C=O) groups excluding carboxylic acids is 1. The minimum absolute atomic E-state index is 0.105. The fourth-order valence-electron chi connectivity index (χ4n) is 3.03. The Balaban J connectivity index is 2.71. The Morgan fingerprint density at radius 3 is 2.56 bits per heavy atom. The number of nitrogens with two attached hydrogens (primary N) is 1. The van der Waals surface area contributed by atoms with Gasteiger partial charge < -0.3 is 15.2 Å². The van der Waals surface area contributed by atoms with Gasteiger partial charge in [-0.25, -0.2) is 0 Å². The number of hydrogen-bond donors (Lipinski definition) is 1. The summed E-state index contributed by atoms with van der Waals surface area (Å²) in [5, 5.41) is 0. The van der Waals surface area contributed by atoms with Gasteiger partial charge in [0.05, 0.1) is 20.8 Å². The molecule has 1 rings (SSSR count). The second kappa shape index (κ2) is 13.0. The first-order chi connectivity index (χ1) is 13.0. The highest BCUT2D eigenvalue weighted by atomic mass is 16.5. The van der Waals surface area contributed by atoms with Crippen molar-refractivity contribution < 1.29 is 14.3 Å². The van der Waals surface area contributed by atoms with Crippen molar-refractivity contribution in [2.24, 2.45) is 11.7 Å². The molecular formula is C22H34N2O3. The predicted molar refractivity (Wildman–Crippen MR) is 111 cm³/mol. The molecule has 1 saturated heterocycles. The summed E-state index contributed by atoms with van der Waals surface area (Å²) in [6.07, 6.45) is 17.0. The van der Waals surface area contributed by atoms with Crippen molar-refractivity contribution in [2.75, 3.05) is 33.9 Å². The lowest BCUT2D eigenvalue weighted by atomic mass is 9.96. The van der Waals surface area contributed by atoms with Crippen LogP contribution in [-0.4, -0.2) is 44.5 Å². The van der Waals surface area contributed by atoms with E-state index < -0.39 is 0 Å². The molecule has 0 saturated carbocycles. The molecule has 0 bridgehead atoms. The Kier molecular flexibility index (Phi) is 10.9. The molecular weight excluding hydrogens is 340 g/mol. The number of methoxy groups -OCH3 is 2. The monoisotopic (exact) mass is 374 g/mol. The molecule has 1 aliphatic heterocycles. The van der Waals surface area contributed by atoms with Crippen LogP contribution in [0.2, 0.25) is 0 Å². The number of likely N-dealkylation sites (tertiary alicyclic amines) is 1. The Bertz CT molecular complexity index is 615. The molecule has 1 heterocycles. The zero-order valence-electron chi connectivity index (χ0n) is 17.1. The Morgan fingerprint density at radius 2 is 1.93 bits per heavy atom. The molecule has 2 N–H and O–H groups in total. The van der Waals surface area contributed by atoms with Crippen LogP contribution < -0.4 is 5.73 Å². The molecule has 0 aliphatic carbocycles. The summed E-state index contributed by atoms with van der Waals surface area (Å²) in [6, 6.07) is 0. The third-order valence-electron chi connectivity index (χ3n) is 4.55. The van der Waals surface area contributed by atoms with Crippen molar-refractivity contribution in [1.29, 1.82) is 0 Å². The summed E-state index contributed by atoms with van der Waals surface area (Å²) in [5.41, 5.74) is 6.45. The summed E-state index contributed by atoms with van der Waals surface area (Å²) in [4.78, 5) is 15.0. The molecule has 0 spiro atoms. The van der Waals surface area contributed by atoms with Crippen molar-refractivity contribution in [2.45, 2.75) is 33.1 Å². The molecule has 1 aliphatic rings. The van der Waals surface area contributed by atoms with Crippen LogP contribution in [0.15, 0.2) is 59.7 Å². The molecule has 0 aromatic heterocycles. The highest BCUT2D eigenvalue weighted by Crippen LogP contribution is 2.19. The van der Waals surface area contributed by atoms with Crippen molar-refractivity contribution in [1.82, 2.24) is 4.90 Å². The van der Waals surface area contributed by atoms with Gasteiger partial charge >= 0.3 is 0 Å². The number of hydrogen-bond acceptors (Lipinski definition) is 5. The van der Waals surface area contributed by atoms with Crippen LogP contribution >= 0.6 is 0 Å². The number of allylic oxidation sites excluding steroid dienone is 6. The summed E-state index contributed by atoms with van der Waals surface area (Å²) in [7, 11) is 2.99.